The molecule has 1 atom stereocenters. The zero-order valence-electron chi connectivity index (χ0n) is 27.1. The summed E-state index contributed by atoms with van der Waals surface area (Å²) < 4.78 is 49.3. The SMILES string of the molecule is COC(=O)C1=C(C)N(c2cccc(C(F)(F)F)c2)c2nn(CC(=O)CNCCCCC[N+](C)(C)C)c(=O)n2C1c1ccc(C#N)cc1. The maximum absolute atomic E-state index is 14.0. The Morgan fingerprint density at radius 1 is 1.09 bits per heavy atom. The predicted molar refractivity (Wildman–Crippen MR) is 169 cm³/mol. The summed E-state index contributed by atoms with van der Waals surface area (Å²) in [5, 5.41) is 16.8. The van der Waals surface area contributed by atoms with Gasteiger partial charge in [-0.2, -0.15) is 18.4 Å². The second-order valence-corrected chi connectivity index (χ2v) is 12.4. The van der Waals surface area contributed by atoms with Crippen LogP contribution >= 0.6 is 0 Å². The number of nitrogens with zero attached hydrogens (tertiary/aromatic N) is 6. The molecule has 1 N–H and O–H groups in total. The number of ether oxygens (including phenoxy) is 1. The highest BCUT2D eigenvalue weighted by Gasteiger charge is 2.41. The molecule has 0 spiro atoms. The Bertz CT molecular complexity index is 1750. The first-order valence-corrected chi connectivity index (χ1v) is 15.1. The number of fused-ring (bicyclic) bond motifs is 1. The van der Waals surface area contributed by atoms with Gasteiger partial charge in [0.2, 0.25) is 5.95 Å². The van der Waals surface area contributed by atoms with Gasteiger partial charge in [0.25, 0.3) is 0 Å². The predicted octanol–water partition coefficient (Wildman–Crippen LogP) is 4.16. The van der Waals surface area contributed by atoms with Crippen molar-refractivity contribution in [2.24, 2.45) is 0 Å². The number of carbonyl (C=O) groups excluding carboxylic acids is 2. The van der Waals surface area contributed by atoms with Crippen molar-refractivity contribution in [1.82, 2.24) is 19.7 Å². The van der Waals surface area contributed by atoms with Gasteiger partial charge >= 0.3 is 17.8 Å². The Morgan fingerprint density at radius 2 is 1.79 bits per heavy atom. The summed E-state index contributed by atoms with van der Waals surface area (Å²) in [5.41, 5.74) is -0.791. The minimum Gasteiger partial charge on any atom is -0.466 e. The van der Waals surface area contributed by atoms with Crippen LogP contribution in [0, 0.1) is 11.3 Å². The number of hydrogen-bond acceptors (Lipinski definition) is 8. The van der Waals surface area contributed by atoms with E-state index in [1.165, 1.54) is 36.1 Å². The Morgan fingerprint density at radius 3 is 2.40 bits per heavy atom. The lowest BCUT2D eigenvalue weighted by Gasteiger charge is -2.35. The highest BCUT2D eigenvalue weighted by atomic mass is 19.4. The van der Waals surface area contributed by atoms with Gasteiger partial charge in [0, 0.05) is 11.4 Å². The summed E-state index contributed by atoms with van der Waals surface area (Å²) in [5.74, 6) is -1.24. The average Bonchev–Trinajstić information content (AvgIpc) is 3.33. The lowest BCUT2D eigenvalue weighted by molar-refractivity contribution is -0.870. The normalized spacial score (nSPS) is 15.0. The Labute approximate surface area is 271 Å². The van der Waals surface area contributed by atoms with Crippen molar-refractivity contribution in [2.75, 3.05) is 52.8 Å². The zero-order valence-corrected chi connectivity index (χ0v) is 27.1. The third kappa shape index (κ3) is 8.16. The molecule has 0 bridgehead atoms. The Kier molecular flexibility index (Phi) is 10.7. The largest absolute Gasteiger partial charge is 0.466 e. The maximum Gasteiger partial charge on any atom is 0.416 e. The van der Waals surface area contributed by atoms with Crippen molar-refractivity contribution in [3.8, 4) is 6.07 Å². The molecule has 4 rings (SSSR count). The molecule has 0 saturated carbocycles. The van der Waals surface area contributed by atoms with E-state index in [-0.39, 0.29) is 35.2 Å². The number of esters is 1. The number of quaternary nitrogens is 1. The fourth-order valence-corrected chi connectivity index (χ4v) is 5.51. The zero-order chi connectivity index (χ0) is 34.5. The summed E-state index contributed by atoms with van der Waals surface area (Å²) >= 11 is 0. The molecule has 2 heterocycles. The number of Topliss-reactive ketones (excluding diaryl/α,β-unsaturated/α-hetero) is 1. The van der Waals surface area contributed by atoms with Crippen molar-refractivity contribution >= 4 is 23.4 Å². The summed E-state index contributed by atoms with van der Waals surface area (Å²) in [6.07, 6.45) is -1.73. The first-order valence-electron chi connectivity index (χ1n) is 15.1. The molecular weight excluding hydrogens is 615 g/mol. The third-order valence-corrected chi connectivity index (χ3v) is 7.83. The quantitative estimate of drug-likeness (QED) is 0.166. The summed E-state index contributed by atoms with van der Waals surface area (Å²) in [4.78, 5) is 41.6. The molecule has 1 aliphatic heterocycles. The number of anilines is 2. The molecule has 250 valence electrons. The van der Waals surface area contributed by atoms with Gasteiger partial charge in [-0.05, 0) is 68.6 Å². The van der Waals surface area contributed by atoms with Crippen LogP contribution in [-0.4, -0.2) is 78.5 Å². The van der Waals surface area contributed by atoms with Crippen LogP contribution in [0.2, 0.25) is 0 Å². The number of carbonyl (C=O) groups is 2. The number of methoxy groups -OCH3 is 1. The molecule has 0 fully saturated rings. The van der Waals surface area contributed by atoms with Gasteiger partial charge in [-0.25, -0.2) is 18.8 Å². The van der Waals surface area contributed by atoms with Crippen LogP contribution in [0.3, 0.4) is 0 Å². The first-order chi connectivity index (χ1) is 22.2. The molecule has 0 amide bonds. The third-order valence-electron chi connectivity index (χ3n) is 7.83. The topological polar surface area (TPSA) is 122 Å². The minimum atomic E-state index is -4.66. The van der Waals surface area contributed by atoms with Gasteiger partial charge in [0.1, 0.15) is 12.6 Å². The lowest BCUT2D eigenvalue weighted by atomic mass is 9.93. The fourth-order valence-electron chi connectivity index (χ4n) is 5.51. The van der Waals surface area contributed by atoms with Crippen LogP contribution in [0.25, 0.3) is 0 Å². The van der Waals surface area contributed by atoms with Crippen LogP contribution in [0.5, 0.6) is 0 Å². The number of allylic oxidation sites excluding steroid dienone is 1. The summed E-state index contributed by atoms with van der Waals surface area (Å²) in [6, 6.07) is 11.5. The van der Waals surface area contributed by atoms with Crippen LogP contribution in [-0.2, 0) is 27.0 Å². The average molecular weight is 655 g/mol. The van der Waals surface area contributed by atoms with Crippen molar-refractivity contribution < 1.29 is 32.0 Å². The van der Waals surface area contributed by atoms with Gasteiger partial charge < -0.3 is 14.5 Å². The van der Waals surface area contributed by atoms with Crippen LogP contribution in [0.4, 0.5) is 24.8 Å². The molecule has 14 heteroatoms. The monoisotopic (exact) mass is 654 g/mol. The number of unbranched alkanes of at least 4 members (excludes halogenated alkanes) is 2. The molecule has 1 aromatic heterocycles. The number of alkyl halides is 3. The van der Waals surface area contributed by atoms with Crippen molar-refractivity contribution in [3.05, 3.63) is 87.0 Å². The highest BCUT2D eigenvalue weighted by molar-refractivity contribution is 5.93. The highest BCUT2D eigenvalue weighted by Crippen LogP contribution is 2.43. The van der Waals surface area contributed by atoms with Gasteiger partial charge in [0.15, 0.2) is 5.78 Å². The molecule has 1 aliphatic rings. The fraction of sp³-hybridized carbons (Fsp3) is 0.424. The molecule has 3 aromatic rings. The van der Waals surface area contributed by atoms with Crippen molar-refractivity contribution in [1.29, 1.82) is 5.26 Å². The molecule has 0 saturated heterocycles. The van der Waals surface area contributed by atoms with E-state index in [0.29, 0.717) is 17.7 Å². The lowest BCUT2D eigenvalue weighted by Crippen LogP contribution is -2.39. The first kappa shape index (κ1) is 35.1. The number of halogens is 3. The van der Waals surface area contributed by atoms with Gasteiger partial charge in [-0.3, -0.25) is 9.69 Å². The summed E-state index contributed by atoms with van der Waals surface area (Å²) in [6.45, 7) is 2.76. The van der Waals surface area contributed by atoms with Crippen LogP contribution < -0.4 is 15.9 Å². The molecule has 0 radical (unpaired) electrons. The van der Waals surface area contributed by atoms with E-state index >= 15 is 0 Å². The Balaban J connectivity index is 1.73. The molecule has 1 unspecified atom stereocenters. The van der Waals surface area contributed by atoms with Crippen molar-refractivity contribution in [3.63, 3.8) is 0 Å². The van der Waals surface area contributed by atoms with E-state index in [4.69, 9.17) is 4.74 Å². The molecule has 47 heavy (non-hydrogen) atoms. The van der Waals surface area contributed by atoms with E-state index in [2.05, 4.69) is 31.6 Å². The number of hydrogen-bond donors (Lipinski definition) is 1. The van der Waals surface area contributed by atoms with E-state index < -0.39 is 36.0 Å². The number of nitriles is 1. The maximum atomic E-state index is 14.0. The van der Waals surface area contributed by atoms with Gasteiger partial charge in [-0.15, -0.1) is 5.10 Å². The number of benzene rings is 2. The molecule has 0 aliphatic carbocycles. The van der Waals surface area contributed by atoms with Gasteiger partial charge in [-0.1, -0.05) is 18.2 Å². The van der Waals surface area contributed by atoms with Crippen LogP contribution in [0.15, 0.2) is 64.6 Å². The second-order valence-electron chi connectivity index (χ2n) is 12.4. The second kappa shape index (κ2) is 14.4. The molecule has 2 aromatic carbocycles. The van der Waals surface area contributed by atoms with E-state index in [1.54, 1.807) is 12.1 Å². The molecular formula is C33H39F3N7O4+. The number of aromatic nitrogens is 3. The smallest absolute Gasteiger partial charge is 0.416 e. The number of ketones is 1. The van der Waals surface area contributed by atoms with E-state index in [1.807, 2.05) is 6.07 Å². The Hall–Kier alpha value is -4.74. The number of rotatable bonds is 13. The van der Waals surface area contributed by atoms with Crippen LogP contribution in [0.1, 0.15) is 48.9 Å². The minimum absolute atomic E-state index is 0.00587. The van der Waals surface area contributed by atoms with Crippen molar-refractivity contribution in [2.45, 2.75) is 44.9 Å². The standard InChI is InChI=1S/C33H39F3N7O4/c1-22-28(30(45)47-5)29(24-14-12-23(19-37)13-15-24)42-31(41(22)26-11-9-10-25(18-26)33(34,35)36)39-40(32(42)46)21-27(44)20-38-16-7-6-8-17-43(2,3)4/h9-15,18,29,38H,6-8,16-17,20-21H2,1-5H3/q+1. The van der Waals surface area contributed by atoms with Gasteiger partial charge in [0.05, 0.1) is 64.1 Å². The van der Waals surface area contributed by atoms with E-state index in [0.717, 1.165) is 58.8 Å². The number of nitrogens with one attached hydrogen (secondary N) is 1. The molecule has 11 nitrogen and oxygen atoms in total. The van der Waals surface area contributed by atoms with E-state index in [9.17, 15) is 32.8 Å². The summed E-state index contributed by atoms with van der Waals surface area (Å²) in [7, 11) is 7.55.